The number of hydrogen-bond acceptors (Lipinski definition) is 4. The summed E-state index contributed by atoms with van der Waals surface area (Å²) in [5.74, 6) is 0.174. The molecule has 1 saturated heterocycles. The van der Waals surface area contributed by atoms with E-state index in [9.17, 15) is 9.59 Å². The number of methoxy groups -OCH3 is 1. The van der Waals surface area contributed by atoms with E-state index in [1.54, 1.807) is 17.8 Å². The molecule has 1 aromatic carbocycles. The van der Waals surface area contributed by atoms with Crippen LogP contribution in [-0.2, 0) is 4.79 Å². The first-order valence-electron chi connectivity index (χ1n) is 6.45. The smallest absolute Gasteiger partial charge is 0.339 e. The van der Waals surface area contributed by atoms with Crippen molar-refractivity contribution >= 4 is 29.3 Å². The van der Waals surface area contributed by atoms with Crippen LogP contribution in [0, 0.1) is 0 Å². The molecule has 1 heterocycles. The Hall–Kier alpha value is -1.69. The number of carboxylic acids is 1. The third-order valence-electron chi connectivity index (χ3n) is 3.17. The first kappa shape index (κ1) is 14.7. The molecule has 0 aromatic heterocycles. The quantitative estimate of drug-likeness (QED) is 0.893. The summed E-state index contributed by atoms with van der Waals surface area (Å²) in [4.78, 5) is 23.1. The van der Waals surface area contributed by atoms with Gasteiger partial charge in [-0.15, -0.1) is 11.8 Å². The van der Waals surface area contributed by atoms with E-state index in [0.717, 1.165) is 25.0 Å². The second-order valence-electron chi connectivity index (χ2n) is 4.56. The Morgan fingerprint density at radius 2 is 2.20 bits per heavy atom. The van der Waals surface area contributed by atoms with Gasteiger partial charge in [-0.05, 0) is 30.7 Å². The van der Waals surface area contributed by atoms with Crippen LogP contribution in [0.3, 0.4) is 0 Å². The van der Waals surface area contributed by atoms with Crippen LogP contribution < -0.4 is 10.1 Å². The minimum absolute atomic E-state index is 0.0195. The Kier molecular flexibility index (Phi) is 4.89. The van der Waals surface area contributed by atoms with Crippen LogP contribution in [0.25, 0.3) is 0 Å². The number of amides is 1. The van der Waals surface area contributed by atoms with E-state index in [0.29, 0.717) is 5.69 Å². The van der Waals surface area contributed by atoms with Gasteiger partial charge < -0.3 is 15.2 Å². The van der Waals surface area contributed by atoms with E-state index in [1.165, 1.54) is 19.2 Å². The maximum atomic E-state index is 12.1. The van der Waals surface area contributed by atoms with Gasteiger partial charge in [0.05, 0.1) is 12.4 Å². The average molecular weight is 295 g/mol. The molecule has 1 aliphatic rings. The van der Waals surface area contributed by atoms with E-state index < -0.39 is 5.97 Å². The highest BCUT2D eigenvalue weighted by Crippen LogP contribution is 2.27. The average Bonchev–Trinajstić information content (AvgIpc) is 2.47. The Morgan fingerprint density at radius 1 is 1.40 bits per heavy atom. The molecule has 1 fully saturated rings. The van der Waals surface area contributed by atoms with Crippen molar-refractivity contribution in [2.45, 2.75) is 24.5 Å². The van der Waals surface area contributed by atoms with Crippen LogP contribution in [0.5, 0.6) is 5.75 Å². The van der Waals surface area contributed by atoms with Crippen molar-refractivity contribution in [2.24, 2.45) is 0 Å². The molecule has 2 N–H and O–H groups in total. The van der Waals surface area contributed by atoms with Gasteiger partial charge in [0.2, 0.25) is 5.91 Å². The van der Waals surface area contributed by atoms with Crippen LogP contribution in [0.4, 0.5) is 5.69 Å². The van der Waals surface area contributed by atoms with Gasteiger partial charge in [-0.1, -0.05) is 6.42 Å². The SMILES string of the molecule is COc1cc(NC(=O)C2CCCCS2)ccc1C(=O)O. The molecule has 0 bridgehead atoms. The highest BCUT2D eigenvalue weighted by atomic mass is 32.2. The predicted molar refractivity (Wildman–Crippen MR) is 78.7 cm³/mol. The summed E-state index contributed by atoms with van der Waals surface area (Å²) in [6.45, 7) is 0. The molecule has 1 unspecified atom stereocenters. The third-order valence-corrected chi connectivity index (χ3v) is 4.55. The first-order valence-corrected chi connectivity index (χ1v) is 7.50. The second kappa shape index (κ2) is 6.65. The molecule has 0 saturated carbocycles. The molecule has 1 atom stereocenters. The van der Waals surface area contributed by atoms with Gasteiger partial charge in [0, 0.05) is 11.8 Å². The Balaban J connectivity index is 2.09. The van der Waals surface area contributed by atoms with Gasteiger partial charge in [-0.25, -0.2) is 4.79 Å². The van der Waals surface area contributed by atoms with Crippen LogP contribution in [0.2, 0.25) is 0 Å². The molecule has 1 aliphatic heterocycles. The maximum absolute atomic E-state index is 12.1. The number of ether oxygens (including phenoxy) is 1. The van der Waals surface area contributed by atoms with Crippen LogP contribution >= 0.6 is 11.8 Å². The van der Waals surface area contributed by atoms with Crippen LogP contribution in [-0.4, -0.2) is 35.1 Å². The van der Waals surface area contributed by atoms with Gasteiger partial charge in [0.15, 0.2) is 0 Å². The number of carbonyl (C=O) groups excluding carboxylic acids is 1. The van der Waals surface area contributed by atoms with Crippen molar-refractivity contribution in [3.8, 4) is 5.75 Å². The third kappa shape index (κ3) is 3.45. The predicted octanol–water partition coefficient (Wildman–Crippen LogP) is 2.62. The Morgan fingerprint density at radius 3 is 2.80 bits per heavy atom. The van der Waals surface area contributed by atoms with E-state index in [4.69, 9.17) is 9.84 Å². The van der Waals surface area contributed by atoms with E-state index in [1.807, 2.05) is 0 Å². The lowest BCUT2D eigenvalue weighted by Gasteiger charge is -2.20. The van der Waals surface area contributed by atoms with E-state index in [2.05, 4.69) is 5.32 Å². The number of hydrogen-bond donors (Lipinski definition) is 2. The molecular formula is C14H17NO4S. The fourth-order valence-electron chi connectivity index (χ4n) is 2.12. The van der Waals surface area contributed by atoms with Gasteiger partial charge in [0.1, 0.15) is 11.3 Å². The number of anilines is 1. The highest BCUT2D eigenvalue weighted by molar-refractivity contribution is 8.00. The van der Waals surface area contributed by atoms with E-state index >= 15 is 0 Å². The number of thioether (sulfide) groups is 1. The van der Waals surface area contributed by atoms with Gasteiger partial charge in [0.25, 0.3) is 0 Å². The van der Waals surface area contributed by atoms with Gasteiger partial charge in [-0.3, -0.25) is 4.79 Å². The van der Waals surface area contributed by atoms with Crippen molar-refractivity contribution in [1.82, 2.24) is 0 Å². The standard InChI is InChI=1S/C14H17NO4S/c1-19-11-8-9(5-6-10(11)14(17)18)15-13(16)12-4-2-3-7-20-12/h5-6,8,12H,2-4,7H2,1H3,(H,15,16)(H,17,18). The van der Waals surface area contributed by atoms with Crippen molar-refractivity contribution in [2.75, 3.05) is 18.2 Å². The summed E-state index contributed by atoms with van der Waals surface area (Å²) in [5.41, 5.74) is 0.639. The molecule has 2 rings (SSSR count). The summed E-state index contributed by atoms with van der Waals surface area (Å²) >= 11 is 1.67. The fourth-order valence-corrected chi connectivity index (χ4v) is 3.31. The zero-order valence-electron chi connectivity index (χ0n) is 11.2. The lowest BCUT2D eigenvalue weighted by atomic mass is 10.1. The molecule has 108 valence electrons. The molecule has 5 nitrogen and oxygen atoms in total. The minimum Gasteiger partial charge on any atom is -0.496 e. The molecule has 0 spiro atoms. The summed E-state index contributed by atoms with van der Waals surface area (Å²) in [5, 5.41) is 11.8. The highest BCUT2D eigenvalue weighted by Gasteiger charge is 2.22. The lowest BCUT2D eigenvalue weighted by Crippen LogP contribution is -2.27. The number of carboxylic acid groups (broad SMARTS) is 1. The number of benzene rings is 1. The number of nitrogens with one attached hydrogen (secondary N) is 1. The zero-order valence-corrected chi connectivity index (χ0v) is 12.0. The molecule has 0 aliphatic carbocycles. The minimum atomic E-state index is -1.05. The number of aromatic carboxylic acids is 1. The first-order chi connectivity index (χ1) is 9.61. The van der Waals surface area contributed by atoms with Crippen LogP contribution in [0.15, 0.2) is 18.2 Å². The molecule has 20 heavy (non-hydrogen) atoms. The number of rotatable bonds is 4. The Bertz CT molecular complexity index is 512. The van der Waals surface area contributed by atoms with E-state index in [-0.39, 0.29) is 22.5 Å². The van der Waals surface area contributed by atoms with Crippen molar-refractivity contribution in [3.63, 3.8) is 0 Å². The normalized spacial score (nSPS) is 18.4. The van der Waals surface area contributed by atoms with Gasteiger partial charge in [-0.2, -0.15) is 0 Å². The molecule has 1 amide bonds. The summed E-state index contributed by atoms with van der Waals surface area (Å²) in [7, 11) is 1.41. The monoisotopic (exact) mass is 295 g/mol. The fraction of sp³-hybridized carbons (Fsp3) is 0.429. The summed E-state index contributed by atoms with van der Waals surface area (Å²) in [6, 6.07) is 4.55. The van der Waals surface area contributed by atoms with Crippen molar-refractivity contribution in [3.05, 3.63) is 23.8 Å². The van der Waals surface area contributed by atoms with Crippen molar-refractivity contribution in [1.29, 1.82) is 0 Å². The Labute approximate surface area is 121 Å². The summed E-state index contributed by atoms with van der Waals surface area (Å²) < 4.78 is 5.04. The molecular weight excluding hydrogens is 278 g/mol. The molecule has 6 heteroatoms. The lowest BCUT2D eigenvalue weighted by molar-refractivity contribution is -0.115. The zero-order chi connectivity index (χ0) is 14.5. The summed E-state index contributed by atoms with van der Waals surface area (Å²) in [6.07, 6.45) is 3.13. The van der Waals surface area contributed by atoms with Crippen molar-refractivity contribution < 1.29 is 19.4 Å². The topological polar surface area (TPSA) is 75.6 Å². The van der Waals surface area contributed by atoms with Crippen LogP contribution in [0.1, 0.15) is 29.6 Å². The maximum Gasteiger partial charge on any atom is 0.339 e. The molecule has 1 aromatic rings. The largest absolute Gasteiger partial charge is 0.496 e. The molecule has 0 radical (unpaired) electrons. The second-order valence-corrected chi connectivity index (χ2v) is 5.88. The van der Waals surface area contributed by atoms with Gasteiger partial charge >= 0.3 is 5.97 Å². The number of carbonyl (C=O) groups is 2.